The molecule has 7 heteroatoms. The summed E-state index contributed by atoms with van der Waals surface area (Å²) in [5, 5.41) is 10.1. The normalized spacial score (nSPS) is 16.5. The van der Waals surface area contributed by atoms with E-state index in [2.05, 4.69) is 37.7 Å². The van der Waals surface area contributed by atoms with Crippen LogP contribution in [0.1, 0.15) is 24.0 Å². The molecule has 0 saturated carbocycles. The second-order valence-electron chi connectivity index (χ2n) is 7.28. The maximum atomic E-state index is 13.3. The monoisotopic (exact) mass is 396 g/mol. The molecule has 29 heavy (non-hydrogen) atoms. The molecule has 2 aliphatic heterocycles. The Hall–Kier alpha value is -3.02. The smallest absolute Gasteiger partial charge is 0.382 e. The average Bonchev–Trinajstić information content (AvgIpc) is 3.17. The van der Waals surface area contributed by atoms with E-state index in [0.717, 1.165) is 49.0 Å². The molecule has 1 saturated heterocycles. The minimum Gasteiger partial charge on any atom is -0.382 e. The van der Waals surface area contributed by atoms with Crippen molar-refractivity contribution in [2.45, 2.75) is 25.3 Å². The molecule has 0 atom stereocenters. The molecule has 0 spiro atoms. The third kappa shape index (κ3) is 5.28. The molecule has 4 rings (SSSR count). The number of benzene rings is 2. The molecular weight excluding hydrogens is 372 g/mol. The molecule has 0 radical (unpaired) electrons. The molecule has 0 amide bonds. The van der Waals surface area contributed by atoms with Gasteiger partial charge in [-0.05, 0) is 55.8 Å². The van der Waals surface area contributed by atoms with Gasteiger partial charge in [-0.3, -0.25) is 5.32 Å². The van der Waals surface area contributed by atoms with Gasteiger partial charge >= 0.3 is 5.96 Å². The van der Waals surface area contributed by atoms with E-state index in [-0.39, 0.29) is 0 Å². The van der Waals surface area contributed by atoms with Crippen molar-refractivity contribution in [3.05, 3.63) is 65.2 Å². The van der Waals surface area contributed by atoms with E-state index in [9.17, 15) is 8.78 Å². The summed E-state index contributed by atoms with van der Waals surface area (Å²) in [5.41, 5.74) is 3.47. The lowest BCUT2D eigenvalue weighted by Gasteiger charge is -2.24. The summed E-state index contributed by atoms with van der Waals surface area (Å²) in [6.45, 7) is 2.58. The van der Waals surface area contributed by atoms with E-state index < -0.39 is 11.6 Å². The highest BCUT2D eigenvalue weighted by atomic mass is 19.1. The number of nitrogens with one attached hydrogen (secondary N) is 3. The Morgan fingerprint density at radius 1 is 1.07 bits per heavy atom. The van der Waals surface area contributed by atoms with Crippen LogP contribution in [0, 0.1) is 11.6 Å². The summed E-state index contributed by atoms with van der Waals surface area (Å²) in [6, 6.07) is 12.2. The maximum absolute atomic E-state index is 13.3. The van der Waals surface area contributed by atoms with Gasteiger partial charge in [0.05, 0.1) is 6.54 Å². The van der Waals surface area contributed by atoms with Crippen LogP contribution in [0.2, 0.25) is 0 Å². The number of hydrogen-bond acceptors (Lipinski definition) is 4. The van der Waals surface area contributed by atoms with Gasteiger partial charge in [0.2, 0.25) is 6.21 Å². The zero-order chi connectivity index (χ0) is 20.1. The van der Waals surface area contributed by atoms with E-state index in [0.29, 0.717) is 30.5 Å². The Bertz CT molecular complexity index is 953. The summed E-state index contributed by atoms with van der Waals surface area (Å²) in [4.78, 5) is 4.53. The SMILES string of the molecule is Fc1cc(F)cc(CCNC2=[N+]=CC(c3cccc(NC4CCNCC4)c3)=N2)c1. The van der Waals surface area contributed by atoms with Gasteiger partial charge in [0, 0.05) is 29.8 Å². The van der Waals surface area contributed by atoms with Crippen molar-refractivity contribution in [1.29, 1.82) is 0 Å². The van der Waals surface area contributed by atoms with Crippen molar-refractivity contribution in [3.63, 3.8) is 0 Å². The first-order chi connectivity index (χ1) is 14.2. The molecule has 2 heterocycles. The number of nitrogens with zero attached hydrogens (tertiary/aromatic N) is 2. The van der Waals surface area contributed by atoms with Crippen molar-refractivity contribution in [2.24, 2.45) is 4.99 Å². The number of hydrogen-bond donors (Lipinski definition) is 3. The lowest BCUT2D eigenvalue weighted by molar-refractivity contribution is 0.479. The maximum Gasteiger partial charge on any atom is 0.480 e. The second-order valence-corrected chi connectivity index (χ2v) is 7.28. The first-order valence-electron chi connectivity index (χ1n) is 9.92. The van der Waals surface area contributed by atoms with Crippen LogP contribution in [-0.2, 0) is 6.42 Å². The van der Waals surface area contributed by atoms with Crippen molar-refractivity contribution in [1.82, 2.24) is 15.3 Å². The predicted octanol–water partition coefficient (Wildman–Crippen LogP) is 2.26. The van der Waals surface area contributed by atoms with Gasteiger partial charge < -0.3 is 10.6 Å². The minimum atomic E-state index is -0.565. The number of rotatable bonds is 6. The van der Waals surface area contributed by atoms with Crippen LogP contribution < -0.4 is 20.6 Å². The highest BCUT2D eigenvalue weighted by Crippen LogP contribution is 2.16. The molecule has 0 bridgehead atoms. The van der Waals surface area contributed by atoms with Crippen LogP contribution >= 0.6 is 0 Å². The number of halogens is 2. The van der Waals surface area contributed by atoms with Gasteiger partial charge in [0.1, 0.15) is 11.6 Å². The summed E-state index contributed by atoms with van der Waals surface area (Å²) < 4.78 is 30.8. The fraction of sp³-hybridized carbons (Fsp3) is 0.318. The zero-order valence-corrected chi connectivity index (χ0v) is 16.1. The van der Waals surface area contributed by atoms with Crippen LogP contribution in [0.5, 0.6) is 0 Å². The Labute approximate surface area is 168 Å². The van der Waals surface area contributed by atoms with Gasteiger partial charge in [0.15, 0.2) is 5.71 Å². The van der Waals surface area contributed by atoms with Crippen molar-refractivity contribution >= 4 is 23.6 Å². The van der Waals surface area contributed by atoms with E-state index in [1.165, 1.54) is 12.1 Å². The molecule has 2 aliphatic rings. The molecular formula is C22H24F2N5+. The highest BCUT2D eigenvalue weighted by Gasteiger charge is 2.19. The summed E-state index contributed by atoms with van der Waals surface area (Å²) >= 11 is 0. The topological polar surface area (TPSA) is 62.6 Å². The largest absolute Gasteiger partial charge is 0.480 e. The molecule has 0 aliphatic carbocycles. The fourth-order valence-corrected chi connectivity index (χ4v) is 3.56. The zero-order valence-electron chi connectivity index (χ0n) is 16.1. The average molecular weight is 396 g/mol. The Morgan fingerprint density at radius 2 is 1.86 bits per heavy atom. The first-order valence-corrected chi connectivity index (χ1v) is 9.92. The van der Waals surface area contributed by atoms with Gasteiger partial charge in [-0.1, -0.05) is 17.1 Å². The van der Waals surface area contributed by atoms with Gasteiger partial charge in [-0.2, -0.15) is 0 Å². The van der Waals surface area contributed by atoms with Gasteiger partial charge in [-0.25, -0.2) is 13.4 Å². The summed E-state index contributed by atoms with van der Waals surface area (Å²) in [5.74, 6) is -0.622. The van der Waals surface area contributed by atoms with Crippen LogP contribution in [0.4, 0.5) is 14.5 Å². The third-order valence-electron chi connectivity index (χ3n) is 5.02. The predicted molar refractivity (Wildman–Crippen MR) is 114 cm³/mol. The third-order valence-corrected chi connectivity index (χ3v) is 5.02. The van der Waals surface area contributed by atoms with Crippen LogP contribution in [0.25, 0.3) is 0 Å². The molecule has 2 aromatic carbocycles. The Kier molecular flexibility index (Phi) is 5.98. The molecule has 0 aromatic heterocycles. The number of aliphatic imine (C=N–C) groups is 1. The Morgan fingerprint density at radius 3 is 2.66 bits per heavy atom. The van der Waals surface area contributed by atoms with Crippen LogP contribution in [0.15, 0.2) is 47.5 Å². The quantitative estimate of drug-likeness (QED) is 0.657. The minimum absolute atomic E-state index is 0.480. The molecule has 3 N–H and O–H groups in total. The number of guanidine groups is 1. The van der Waals surface area contributed by atoms with E-state index in [4.69, 9.17) is 0 Å². The lowest BCUT2D eigenvalue weighted by Crippen LogP contribution is -2.35. The molecule has 150 valence electrons. The highest BCUT2D eigenvalue weighted by molar-refractivity contribution is 6.42. The van der Waals surface area contributed by atoms with Crippen molar-refractivity contribution in [2.75, 3.05) is 25.0 Å². The van der Waals surface area contributed by atoms with Crippen molar-refractivity contribution in [3.8, 4) is 0 Å². The number of piperidine rings is 1. The van der Waals surface area contributed by atoms with E-state index >= 15 is 0 Å². The van der Waals surface area contributed by atoms with Gasteiger partial charge in [-0.15, -0.1) is 0 Å². The number of anilines is 1. The fourth-order valence-electron chi connectivity index (χ4n) is 3.56. The Balaban J connectivity index is 1.33. The summed E-state index contributed by atoms with van der Waals surface area (Å²) in [7, 11) is 0. The van der Waals surface area contributed by atoms with Crippen molar-refractivity contribution < 1.29 is 8.78 Å². The molecule has 2 aromatic rings. The molecule has 5 nitrogen and oxygen atoms in total. The standard InChI is InChI=1S/C22H23F2N5/c23-17-10-15(11-18(24)13-17)4-9-26-22-27-14-21(29-22)16-2-1-3-20(12-16)28-19-5-7-25-8-6-19/h1-3,10-14,19,25,28H,4-9H2/p+1. The second kappa shape index (κ2) is 8.99. The van der Waals surface area contributed by atoms with E-state index in [1.54, 1.807) is 6.21 Å². The van der Waals surface area contributed by atoms with E-state index in [1.807, 2.05) is 12.1 Å². The lowest BCUT2D eigenvalue weighted by atomic mass is 10.1. The van der Waals surface area contributed by atoms with Crippen LogP contribution in [-0.4, -0.2) is 43.6 Å². The molecule has 0 unspecified atom stereocenters. The summed E-state index contributed by atoms with van der Waals surface area (Å²) in [6.07, 6.45) is 4.44. The van der Waals surface area contributed by atoms with Crippen LogP contribution in [0.3, 0.4) is 0 Å². The molecule has 1 fully saturated rings. The van der Waals surface area contributed by atoms with Gasteiger partial charge in [0.25, 0.3) is 0 Å². The first kappa shape index (κ1) is 19.3.